The van der Waals surface area contributed by atoms with Crippen molar-refractivity contribution in [1.82, 2.24) is 10.2 Å². The Kier molecular flexibility index (Phi) is 7.28. The van der Waals surface area contributed by atoms with Crippen LogP contribution in [0.15, 0.2) is 48.5 Å². The van der Waals surface area contributed by atoms with Crippen LogP contribution >= 0.6 is 0 Å². The van der Waals surface area contributed by atoms with Crippen molar-refractivity contribution in [3.63, 3.8) is 0 Å². The second kappa shape index (κ2) is 10.1. The molecule has 1 N–H and O–H groups in total. The van der Waals surface area contributed by atoms with Gasteiger partial charge in [0.25, 0.3) is 0 Å². The summed E-state index contributed by atoms with van der Waals surface area (Å²) in [5.74, 6) is 0.794. The predicted molar refractivity (Wildman–Crippen MR) is 118 cm³/mol. The smallest absolute Gasteiger partial charge is 0.123 e. The second-order valence-electron chi connectivity index (χ2n) is 8.54. The molecule has 0 aromatic heterocycles. The minimum atomic E-state index is -1.20. The number of nitrogens with one attached hydrogen (secondary N) is 1. The van der Waals surface area contributed by atoms with E-state index in [1.807, 2.05) is 0 Å². The maximum atomic E-state index is 13.4. The fourth-order valence-corrected chi connectivity index (χ4v) is 5.71. The molecule has 1 saturated carbocycles. The average Bonchev–Trinajstić information content (AvgIpc) is 3.56. The van der Waals surface area contributed by atoms with Gasteiger partial charge in [-0.1, -0.05) is 24.3 Å². The van der Waals surface area contributed by atoms with E-state index in [2.05, 4.69) is 10.2 Å². The average molecular weight is 433 g/mol. The van der Waals surface area contributed by atoms with Gasteiger partial charge in [0.1, 0.15) is 11.6 Å². The number of nitrogens with zero attached hydrogens (tertiary/aromatic N) is 1. The third-order valence-corrected chi connectivity index (χ3v) is 7.82. The molecule has 4 rings (SSSR count). The van der Waals surface area contributed by atoms with E-state index in [0.29, 0.717) is 18.3 Å². The Balaban J connectivity index is 1.32. The number of benzene rings is 2. The molecule has 1 aliphatic heterocycles. The molecule has 6 heteroatoms. The van der Waals surface area contributed by atoms with Crippen LogP contribution in [-0.2, 0) is 10.8 Å². The van der Waals surface area contributed by atoms with Gasteiger partial charge in [0, 0.05) is 35.7 Å². The lowest BCUT2D eigenvalue weighted by Crippen LogP contribution is -2.44. The van der Waals surface area contributed by atoms with Crippen LogP contribution < -0.4 is 5.32 Å². The second-order valence-corrected chi connectivity index (χ2v) is 10.2. The lowest BCUT2D eigenvalue weighted by atomic mass is 10.0. The van der Waals surface area contributed by atoms with Crippen LogP contribution in [0.4, 0.5) is 8.78 Å². The molecule has 2 aromatic rings. The van der Waals surface area contributed by atoms with E-state index < -0.39 is 16.0 Å². The number of likely N-dealkylation sites (tertiary alicyclic amines) is 1. The van der Waals surface area contributed by atoms with Gasteiger partial charge in [-0.25, -0.2) is 8.78 Å². The standard InChI is InChI=1S/C24H30F2N2OS/c25-21-7-3-19(4-8-21)24(20-5-9-22(26)10-6-20)30(29)16-13-27-23-11-14-28(15-12-23)17-18-1-2-18/h3-10,18,23-24,27H,1-2,11-17H2. The fourth-order valence-electron chi connectivity index (χ4n) is 4.24. The molecule has 1 aliphatic carbocycles. The molecule has 1 saturated heterocycles. The molecule has 0 bridgehead atoms. The molecule has 30 heavy (non-hydrogen) atoms. The molecule has 2 fully saturated rings. The molecule has 0 radical (unpaired) electrons. The van der Waals surface area contributed by atoms with Gasteiger partial charge in [0.05, 0.1) is 5.25 Å². The van der Waals surface area contributed by atoms with Crippen molar-refractivity contribution in [3.05, 3.63) is 71.3 Å². The summed E-state index contributed by atoms with van der Waals surface area (Å²) in [5, 5.41) is 3.18. The van der Waals surface area contributed by atoms with Crippen LogP contribution in [0.5, 0.6) is 0 Å². The van der Waals surface area contributed by atoms with Gasteiger partial charge in [-0.2, -0.15) is 0 Å². The van der Waals surface area contributed by atoms with Crippen molar-refractivity contribution >= 4 is 10.8 Å². The zero-order valence-electron chi connectivity index (χ0n) is 17.2. The monoisotopic (exact) mass is 432 g/mol. The summed E-state index contributed by atoms with van der Waals surface area (Å²) in [5.41, 5.74) is 1.57. The number of halogens is 2. The van der Waals surface area contributed by atoms with Crippen molar-refractivity contribution in [2.24, 2.45) is 5.92 Å². The predicted octanol–water partition coefficient (Wildman–Crippen LogP) is 4.27. The topological polar surface area (TPSA) is 32.3 Å². The Morgan fingerprint density at radius 1 is 0.900 bits per heavy atom. The molecule has 162 valence electrons. The van der Waals surface area contributed by atoms with Crippen LogP contribution in [0.3, 0.4) is 0 Å². The lowest BCUT2D eigenvalue weighted by Gasteiger charge is -2.32. The van der Waals surface area contributed by atoms with E-state index in [0.717, 1.165) is 43.0 Å². The van der Waals surface area contributed by atoms with Crippen molar-refractivity contribution in [2.45, 2.75) is 37.0 Å². The van der Waals surface area contributed by atoms with Gasteiger partial charge in [-0.3, -0.25) is 4.21 Å². The first kappa shape index (κ1) is 21.6. The molecule has 0 spiro atoms. The van der Waals surface area contributed by atoms with Crippen LogP contribution in [0.25, 0.3) is 0 Å². The van der Waals surface area contributed by atoms with Crippen LogP contribution in [0, 0.1) is 17.6 Å². The first-order chi connectivity index (χ1) is 14.6. The number of piperidine rings is 1. The summed E-state index contributed by atoms with van der Waals surface area (Å²) in [4.78, 5) is 2.58. The highest BCUT2D eigenvalue weighted by Crippen LogP contribution is 2.31. The normalized spacial score (nSPS) is 19.3. The van der Waals surface area contributed by atoms with E-state index in [9.17, 15) is 13.0 Å². The number of rotatable bonds is 9. The van der Waals surface area contributed by atoms with Crippen molar-refractivity contribution in [1.29, 1.82) is 0 Å². The fraction of sp³-hybridized carbons (Fsp3) is 0.500. The summed E-state index contributed by atoms with van der Waals surface area (Å²) >= 11 is 0. The molecule has 1 unspecified atom stereocenters. The molecule has 2 aromatic carbocycles. The van der Waals surface area contributed by atoms with E-state index in [1.54, 1.807) is 24.3 Å². The van der Waals surface area contributed by atoms with Crippen molar-refractivity contribution in [2.75, 3.05) is 31.9 Å². The first-order valence-electron chi connectivity index (χ1n) is 10.9. The maximum Gasteiger partial charge on any atom is 0.123 e. The van der Waals surface area contributed by atoms with Crippen LogP contribution in [0.1, 0.15) is 42.1 Å². The Hall–Kier alpha value is -1.63. The summed E-state index contributed by atoms with van der Waals surface area (Å²) in [7, 11) is -1.20. The van der Waals surface area contributed by atoms with Crippen LogP contribution in [-0.4, -0.2) is 47.1 Å². The SMILES string of the molecule is O=S(CCNC1CCN(CC2CC2)CC1)C(c1ccc(F)cc1)c1ccc(F)cc1. The lowest BCUT2D eigenvalue weighted by molar-refractivity contribution is 0.192. The van der Waals surface area contributed by atoms with Crippen LogP contribution in [0.2, 0.25) is 0 Å². The number of hydrogen-bond acceptors (Lipinski definition) is 3. The van der Waals surface area contributed by atoms with Crippen molar-refractivity contribution in [3.8, 4) is 0 Å². The highest BCUT2D eigenvalue weighted by molar-refractivity contribution is 7.85. The van der Waals surface area contributed by atoms with E-state index in [4.69, 9.17) is 0 Å². The summed E-state index contributed by atoms with van der Waals surface area (Å²) in [6, 6.07) is 12.7. The Morgan fingerprint density at radius 3 is 1.93 bits per heavy atom. The van der Waals surface area contributed by atoms with E-state index in [1.165, 1.54) is 43.7 Å². The highest BCUT2D eigenvalue weighted by Gasteiger charge is 2.27. The first-order valence-corrected chi connectivity index (χ1v) is 12.3. The Bertz CT molecular complexity index is 786. The van der Waals surface area contributed by atoms with E-state index in [-0.39, 0.29) is 11.6 Å². The summed E-state index contributed by atoms with van der Waals surface area (Å²) in [6.07, 6.45) is 5.07. The maximum absolute atomic E-state index is 13.4. The Morgan fingerprint density at radius 2 is 1.43 bits per heavy atom. The summed E-state index contributed by atoms with van der Waals surface area (Å²) < 4.78 is 40.0. The van der Waals surface area contributed by atoms with Gasteiger partial charge in [-0.15, -0.1) is 0 Å². The van der Waals surface area contributed by atoms with Gasteiger partial charge in [0.15, 0.2) is 0 Å². The van der Waals surface area contributed by atoms with Crippen molar-refractivity contribution < 1.29 is 13.0 Å². The molecule has 1 atom stereocenters. The van der Waals surface area contributed by atoms with Gasteiger partial charge in [-0.05, 0) is 80.1 Å². The highest BCUT2D eigenvalue weighted by atomic mass is 32.2. The molecule has 3 nitrogen and oxygen atoms in total. The largest absolute Gasteiger partial charge is 0.313 e. The molecular weight excluding hydrogens is 402 g/mol. The zero-order valence-corrected chi connectivity index (χ0v) is 18.1. The molecule has 1 heterocycles. The minimum Gasteiger partial charge on any atom is -0.313 e. The molecule has 0 amide bonds. The van der Waals surface area contributed by atoms with Gasteiger partial charge < -0.3 is 10.2 Å². The quantitative estimate of drug-likeness (QED) is 0.642. The summed E-state index contributed by atoms with van der Waals surface area (Å²) in [6.45, 7) is 4.22. The van der Waals surface area contributed by atoms with Gasteiger partial charge in [0.2, 0.25) is 0 Å². The Labute approximate surface area is 180 Å². The third-order valence-electron chi connectivity index (χ3n) is 6.15. The minimum absolute atomic E-state index is 0.322. The number of hydrogen-bond donors (Lipinski definition) is 1. The molecular formula is C24H30F2N2OS. The van der Waals surface area contributed by atoms with Gasteiger partial charge >= 0.3 is 0 Å². The zero-order chi connectivity index (χ0) is 20.9. The molecule has 2 aliphatic rings. The van der Waals surface area contributed by atoms with E-state index >= 15 is 0 Å². The third kappa shape index (κ3) is 5.96.